The van der Waals surface area contributed by atoms with Gasteiger partial charge >= 0.3 is 0 Å². The van der Waals surface area contributed by atoms with E-state index in [1.165, 1.54) is 18.2 Å². The van der Waals surface area contributed by atoms with Gasteiger partial charge < -0.3 is 16.0 Å². The number of hydrogen-bond donors (Lipinski definition) is 3. The number of para-hydroxylation sites is 2. The molecule has 1 aliphatic rings. The van der Waals surface area contributed by atoms with E-state index in [0.29, 0.717) is 11.4 Å². The number of fused-ring (bicyclic) bond motifs is 1. The van der Waals surface area contributed by atoms with E-state index in [9.17, 15) is 19.7 Å². The van der Waals surface area contributed by atoms with E-state index < -0.39 is 16.9 Å². The first-order valence-corrected chi connectivity index (χ1v) is 7.72. The van der Waals surface area contributed by atoms with Crippen molar-refractivity contribution in [1.82, 2.24) is 0 Å². The number of carbonyl (C=O) groups excluding carboxylic acids is 2. The van der Waals surface area contributed by atoms with Gasteiger partial charge in [0.1, 0.15) is 6.04 Å². The zero-order valence-corrected chi connectivity index (χ0v) is 13.5. The molecule has 1 aliphatic heterocycles. The molecule has 0 saturated heterocycles. The van der Waals surface area contributed by atoms with E-state index in [4.69, 9.17) is 11.6 Å². The van der Waals surface area contributed by atoms with E-state index in [0.717, 1.165) is 0 Å². The van der Waals surface area contributed by atoms with Gasteiger partial charge in [0.2, 0.25) is 11.8 Å². The van der Waals surface area contributed by atoms with Gasteiger partial charge in [-0.1, -0.05) is 23.7 Å². The predicted molar refractivity (Wildman–Crippen MR) is 93.8 cm³/mol. The molecule has 25 heavy (non-hydrogen) atoms. The highest BCUT2D eigenvalue weighted by molar-refractivity contribution is 6.33. The van der Waals surface area contributed by atoms with Crippen LogP contribution in [-0.2, 0) is 9.59 Å². The molecule has 1 atom stereocenters. The van der Waals surface area contributed by atoms with Crippen LogP contribution in [0.15, 0.2) is 42.5 Å². The summed E-state index contributed by atoms with van der Waals surface area (Å²) in [5, 5.41) is 19.2. The van der Waals surface area contributed by atoms with Crippen molar-refractivity contribution in [2.24, 2.45) is 0 Å². The lowest BCUT2D eigenvalue weighted by Crippen LogP contribution is -2.41. The minimum absolute atomic E-state index is 0.123. The lowest BCUT2D eigenvalue weighted by Gasteiger charge is -2.26. The van der Waals surface area contributed by atoms with Crippen LogP contribution in [0.2, 0.25) is 5.02 Å². The standard InChI is InChI=1S/C16H13ClN4O4/c17-10-6-5-9(21(24)25)7-13(10)19-15(22)8-14-16(23)20-12-4-2-1-3-11(12)18-14/h1-7,14,18H,8H2,(H,19,22)(H,20,23)/t14-/m0/s1. The Kier molecular flexibility index (Phi) is 4.53. The summed E-state index contributed by atoms with van der Waals surface area (Å²) in [6, 6.07) is 10.1. The van der Waals surface area contributed by atoms with E-state index in [2.05, 4.69) is 16.0 Å². The molecular formula is C16H13ClN4O4. The van der Waals surface area contributed by atoms with Crippen LogP contribution in [-0.4, -0.2) is 22.8 Å². The highest BCUT2D eigenvalue weighted by Crippen LogP contribution is 2.28. The van der Waals surface area contributed by atoms with Gasteiger partial charge in [-0.05, 0) is 18.2 Å². The molecule has 0 spiro atoms. The molecule has 8 nitrogen and oxygen atoms in total. The number of non-ortho nitro benzene ring substituents is 1. The molecule has 0 aromatic heterocycles. The number of amides is 2. The summed E-state index contributed by atoms with van der Waals surface area (Å²) < 4.78 is 0. The van der Waals surface area contributed by atoms with Crippen LogP contribution in [0.3, 0.4) is 0 Å². The SMILES string of the molecule is O=C(C[C@@H]1Nc2ccccc2NC1=O)Nc1cc([N+](=O)[O-])ccc1Cl. The maximum Gasteiger partial charge on any atom is 0.271 e. The van der Waals surface area contributed by atoms with Gasteiger partial charge in [0.15, 0.2) is 0 Å². The second kappa shape index (κ2) is 6.78. The van der Waals surface area contributed by atoms with Crippen molar-refractivity contribution in [3.63, 3.8) is 0 Å². The molecule has 2 aromatic rings. The number of carbonyl (C=O) groups is 2. The second-order valence-corrected chi connectivity index (χ2v) is 5.81. The molecule has 3 N–H and O–H groups in total. The van der Waals surface area contributed by atoms with Crippen molar-refractivity contribution in [2.45, 2.75) is 12.5 Å². The molecule has 128 valence electrons. The van der Waals surface area contributed by atoms with Crippen molar-refractivity contribution in [3.8, 4) is 0 Å². The Morgan fingerprint density at radius 3 is 2.68 bits per heavy atom. The van der Waals surface area contributed by atoms with Crippen molar-refractivity contribution < 1.29 is 14.5 Å². The van der Waals surface area contributed by atoms with Crippen molar-refractivity contribution in [3.05, 3.63) is 57.6 Å². The summed E-state index contributed by atoms with van der Waals surface area (Å²) in [4.78, 5) is 34.5. The Labute approximate surface area is 147 Å². The summed E-state index contributed by atoms with van der Waals surface area (Å²) in [6.07, 6.45) is -0.154. The Morgan fingerprint density at radius 1 is 1.24 bits per heavy atom. The van der Waals surface area contributed by atoms with Crippen LogP contribution in [0.25, 0.3) is 0 Å². The Morgan fingerprint density at radius 2 is 1.96 bits per heavy atom. The summed E-state index contributed by atoms with van der Waals surface area (Å²) in [7, 11) is 0. The highest BCUT2D eigenvalue weighted by Gasteiger charge is 2.27. The van der Waals surface area contributed by atoms with Gasteiger partial charge in [-0.2, -0.15) is 0 Å². The Bertz CT molecular complexity index is 871. The molecule has 9 heteroatoms. The van der Waals surface area contributed by atoms with E-state index in [-0.39, 0.29) is 28.7 Å². The lowest BCUT2D eigenvalue weighted by atomic mass is 10.1. The molecule has 0 saturated carbocycles. The van der Waals surface area contributed by atoms with Crippen LogP contribution in [0.4, 0.5) is 22.7 Å². The number of nitro benzene ring substituents is 1. The molecule has 3 rings (SSSR count). The van der Waals surface area contributed by atoms with Crippen LogP contribution >= 0.6 is 11.6 Å². The van der Waals surface area contributed by atoms with Gasteiger partial charge in [0.05, 0.1) is 33.4 Å². The van der Waals surface area contributed by atoms with Crippen LogP contribution in [0, 0.1) is 10.1 Å². The van der Waals surface area contributed by atoms with E-state index in [1.807, 2.05) is 6.07 Å². The fraction of sp³-hybridized carbons (Fsp3) is 0.125. The third-order valence-electron chi connectivity index (χ3n) is 3.66. The molecule has 2 amide bonds. The Balaban J connectivity index is 1.70. The normalized spacial score (nSPS) is 15.6. The lowest BCUT2D eigenvalue weighted by molar-refractivity contribution is -0.384. The number of anilines is 3. The Hall–Kier alpha value is -3.13. The first-order valence-electron chi connectivity index (χ1n) is 7.34. The number of nitro groups is 1. The smallest absolute Gasteiger partial charge is 0.271 e. The first-order chi connectivity index (χ1) is 11.9. The molecule has 1 heterocycles. The van der Waals surface area contributed by atoms with Gasteiger partial charge in [-0.15, -0.1) is 0 Å². The van der Waals surface area contributed by atoms with Crippen molar-refractivity contribution in [1.29, 1.82) is 0 Å². The minimum atomic E-state index is -0.757. The van der Waals surface area contributed by atoms with Crippen molar-refractivity contribution >= 4 is 46.2 Å². The maximum absolute atomic E-state index is 12.2. The quantitative estimate of drug-likeness (QED) is 0.573. The average molecular weight is 361 g/mol. The molecule has 0 unspecified atom stereocenters. The second-order valence-electron chi connectivity index (χ2n) is 5.41. The fourth-order valence-corrected chi connectivity index (χ4v) is 2.61. The monoisotopic (exact) mass is 360 g/mol. The predicted octanol–water partition coefficient (Wildman–Crippen LogP) is 3.01. The third kappa shape index (κ3) is 3.69. The van der Waals surface area contributed by atoms with Crippen LogP contribution in [0.1, 0.15) is 6.42 Å². The molecular weight excluding hydrogens is 348 g/mol. The average Bonchev–Trinajstić information content (AvgIpc) is 2.57. The summed E-state index contributed by atoms with van der Waals surface area (Å²) in [6.45, 7) is 0. The van der Waals surface area contributed by atoms with E-state index >= 15 is 0 Å². The van der Waals surface area contributed by atoms with Gasteiger partial charge in [-0.3, -0.25) is 19.7 Å². The van der Waals surface area contributed by atoms with Gasteiger partial charge in [0.25, 0.3) is 5.69 Å². The van der Waals surface area contributed by atoms with E-state index in [1.54, 1.807) is 18.2 Å². The largest absolute Gasteiger partial charge is 0.372 e. The number of hydrogen-bond acceptors (Lipinski definition) is 5. The molecule has 0 fully saturated rings. The number of rotatable bonds is 4. The summed E-state index contributed by atoms with van der Waals surface area (Å²) >= 11 is 5.95. The third-order valence-corrected chi connectivity index (χ3v) is 3.99. The van der Waals surface area contributed by atoms with Gasteiger partial charge in [0, 0.05) is 12.1 Å². The van der Waals surface area contributed by atoms with Gasteiger partial charge in [-0.25, -0.2) is 0 Å². The first kappa shape index (κ1) is 16.7. The summed E-state index contributed by atoms with van der Waals surface area (Å²) in [5.74, 6) is -0.826. The fourth-order valence-electron chi connectivity index (χ4n) is 2.44. The number of benzene rings is 2. The topological polar surface area (TPSA) is 113 Å². The molecule has 0 aliphatic carbocycles. The molecule has 0 bridgehead atoms. The maximum atomic E-state index is 12.2. The summed E-state index contributed by atoms with van der Waals surface area (Å²) in [5.41, 5.74) is 1.29. The zero-order chi connectivity index (χ0) is 18.0. The number of halogens is 1. The van der Waals surface area contributed by atoms with Crippen LogP contribution in [0.5, 0.6) is 0 Å². The van der Waals surface area contributed by atoms with Crippen molar-refractivity contribution in [2.75, 3.05) is 16.0 Å². The highest BCUT2D eigenvalue weighted by atomic mass is 35.5. The molecule has 0 radical (unpaired) electrons. The zero-order valence-electron chi connectivity index (χ0n) is 12.8. The molecule has 2 aromatic carbocycles. The van der Waals surface area contributed by atoms with Crippen LogP contribution < -0.4 is 16.0 Å². The number of nitrogens with one attached hydrogen (secondary N) is 3. The minimum Gasteiger partial charge on any atom is -0.372 e. The number of nitrogens with zero attached hydrogens (tertiary/aromatic N) is 1.